The third-order valence-corrected chi connectivity index (χ3v) is 3.67. The van der Waals surface area contributed by atoms with E-state index in [0.29, 0.717) is 36.8 Å². The van der Waals surface area contributed by atoms with Crippen LogP contribution in [0.4, 0.5) is 8.78 Å². The van der Waals surface area contributed by atoms with Crippen LogP contribution in [0.5, 0.6) is 0 Å². The zero-order chi connectivity index (χ0) is 13.9. The largest absolute Gasteiger partial charge is 0.390 e. The fourth-order valence-corrected chi connectivity index (χ4v) is 2.65. The number of hydrogen-bond acceptors (Lipinski definition) is 3. The monoisotopic (exact) mass is 326 g/mol. The molecule has 0 bridgehead atoms. The second kappa shape index (κ2) is 7.52. The van der Waals surface area contributed by atoms with E-state index in [1.54, 1.807) is 29.2 Å². The summed E-state index contributed by atoms with van der Waals surface area (Å²) in [6, 6.07) is 5.40. The summed E-state index contributed by atoms with van der Waals surface area (Å²) in [7, 11) is 0. The first-order valence-electron chi connectivity index (χ1n) is 6.24. The Morgan fingerprint density at radius 3 is 2.45 bits per heavy atom. The van der Waals surface area contributed by atoms with E-state index in [1.807, 2.05) is 0 Å². The highest BCUT2D eigenvalue weighted by molar-refractivity contribution is 6.31. The minimum absolute atomic E-state index is 0. The predicted molar refractivity (Wildman–Crippen MR) is 77.9 cm³/mol. The third kappa shape index (κ3) is 3.80. The molecule has 20 heavy (non-hydrogen) atoms. The zero-order valence-corrected chi connectivity index (χ0v) is 12.4. The summed E-state index contributed by atoms with van der Waals surface area (Å²) < 4.78 is 28.2. The number of nitrogens with zero attached hydrogens (tertiary/aromatic N) is 1. The van der Waals surface area contributed by atoms with Crippen molar-refractivity contribution in [1.82, 2.24) is 10.2 Å². The molecule has 1 atom stereocenters. The van der Waals surface area contributed by atoms with Crippen molar-refractivity contribution in [3.63, 3.8) is 0 Å². The Labute approximate surface area is 128 Å². The highest BCUT2D eigenvalue weighted by Crippen LogP contribution is 2.39. The van der Waals surface area contributed by atoms with Crippen LogP contribution in [0.1, 0.15) is 11.6 Å². The summed E-state index contributed by atoms with van der Waals surface area (Å²) in [6.07, 6.45) is 0. The molecule has 1 fully saturated rings. The minimum atomic E-state index is -3.22. The van der Waals surface area contributed by atoms with Crippen LogP contribution >= 0.6 is 24.0 Å². The Balaban J connectivity index is 0.00000200. The highest BCUT2D eigenvalue weighted by Gasteiger charge is 2.44. The van der Waals surface area contributed by atoms with Crippen LogP contribution in [0, 0.1) is 0 Å². The molecule has 1 aromatic carbocycles. The Bertz CT molecular complexity index is 429. The zero-order valence-electron chi connectivity index (χ0n) is 10.9. The lowest BCUT2D eigenvalue weighted by Gasteiger charge is -2.39. The van der Waals surface area contributed by atoms with E-state index in [1.165, 1.54) is 0 Å². The van der Waals surface area contributed by atoms with Crippen molar-refractivity contribution >= 4 is 24.0 Å². The molecule has 0 aliphatic carbocycles. The molecule has 0 unspecified atom stereocenters. The summed E-state index contributed by atoms with van der Waals surface area (Å²) in [6.45, 7) is 1.13. The van der Waals surface area contributed by atoms with E-state index < -0.39 is 18.6 Å². The molecule has 1 aliphatic rings. The Kier molecular flexibility index (Phi) is 6.61. The van der Waals surface area contributed by atoms with Crippen molar-refractivity contribution in [3.8, 4) is 0 Å². The van der Waals surface area contributed by atoms with Gasteiger partial charge in [-0.25, -0.2) is 8.78 Å². The summed E-state index contributed by atoms with van der Waals surface area (Å²) in [5.41, 5.74) is 0.366. The average Bonchev–Trinajstić information content (AvgIpc) is 2.42. The van der Waals surface area contributed by atoms with E-state index in [0.717, 1.165) is 0 Å². The standard InChI is InChI=1S/C13H17ClF2N2O.ClH/c14-11-4-2-1-3-10(11)12(13(15,16)9-19)18-7-5-17-6-8-18;/h1-4,12,17,19H,5-9H2;1H/t12-;/m0./s1. The highest BCUT2D eigenvalue weighted by atomic mass is 35.5. The first kappa shape index (κ1) is 17.6. The Morgan fingerprint density at radius 2 is 1.90 bits per heavy atom. The molecule has 0 amide bonds. The van der Waals surface area contributed by atoms with Gasteiger partial charge in [0.05, 0.1) is 0 Å². The number of aliphatic hydroxyl groups excluding tert-OH is 1. The van der Waals surface area contributed by atoms with Crippen LogP contribution in [0.25, 0.3) is 0 Å². The van der Waals surface area contributed by atoms with Gasteiger partial charge >= 0.3 is 0 Å². The van der Waals surface area contributed by atoms with Crippen LogP contribution in [0.15, 0.2) is 24.3 Å². The summed E-state index contributed by atoms with van der Waals surface area (Å²) in [4.78, 5) is 1.67. The number of nitrogens with one attached hydrogen (secondary N) is 1. The molecule has 1 aromatic rings. The van der Waals surface area contributed by atoms with Crippen molar-refractivity contribution < 1.29 is 13.9 Å². The maximum atomic E-state index is 14.1. The predicted octanol–water partition coefficient (Wildman–Crippen LogP) is 2.34. The molecule has 2 rings (SSSR count). The van der Waals surface area contributed by atoms with Crippen LogP contribution in [0.3, 0.4) is 0 Å². The molecule has 2 N–H and O–H groups in total. The van der Waals surface area contributed by atoms with E-state index in [2.05, 4.69) is 5.32 Å². The maximum absolute atomic E-state index is 14.1. The topological polar surface area (TPSA) is 35.5 Å². The van der Waals surface area contributed by atoms with Crippen LogP contribution in [0.2, 0.25) is 5.02 Å². The van der Waals surface area contributed by atoms with Gasteiger partial charge in [-0.3, -0.25) is 4.90 Å². The Hall–Kier alpha value is -0.460. The average molecular weight is 327 g/mol. The molecule has 114 valence electrons. The minimum Gasteiger partial charge on any atom is -0.390 e. The number of piperazine rings is 1. The second-order valence-electron chi connectivity index (χ2n) is 4.63. The van der Waals surface area contributed by atoms with Crippen molar-refractivity contribution in [3.05, 3.63) is 34.9 Å². The van der Waals surface area contributed by atoms with Crippen molar-refractivity contribution in [1.29, 1.82) is 0 Å². The van der Waals surface area contributed by atoms with Crippen molar-refractivity contribution in [2.24, 2.45) is 0 Å². The van der Waals surface area contributed by atoms with Gasteiger partial charge < -0.3 is 10.4 Å². The number of hydrogen-bond donors (Lipinski definition) is 2. The normalized spacial score (nSPS) is 18.4. The lowest BCUT2D eigenvalue weighted by Crippen LogP contribution is -2.51. The molecule has 1 heterocycles. The smallest absolute Gasteiger partial charge is 0.289 e. The van der Waals surface area contributed by atoms with Gasteiger partial charge in [0, 0.05) is 31.2 Å². The van der Waals surface area contributed by atoms with Gasteiger partial charge in [0.25, 0.3) is 5.92 Å². The molecule has 0 spiro atoms. The van der Waals surface area contributed by atoms with Crippen molar-refractivity contribution in [2.75, 3.05) is 32.8 Å². The van der Waals surface area contributed by atoms with Gasteiger partial charge in [-0.15, -0.1) is 12.4 Å². The number of alkyl halides is 2. The van der Waals surface area contributed by atoms with E-state index in [4.69, 9.17) is 16.7 Å². The van der Waals surface area contributed by atoms with Crippen LogP contribution < -0.4 is 5.32 Å². The Morgan fingerprint density at radius 1 is 1.30 bits per heavy atom. The molecule has 1 aliphatic heterocycles. The third-order valence-electron chi connectivity index (χ3n) is 3.33. The number of rotatable bonds is 4. The van der Waals surface area contributed by atoms with Gasteiger partial charge in [0.15, 0.2) is 0 Å². The fraction of sp³-hybridized carbons (Fsp3) is 0.538. The number of aliphatic hydroxyl groups is 1. The quantitative estimate of drug-likeness (QED) is 0.891. The maximum Gasteiger partial charge on any atom is 0.289 e. The molecule has 3 nitrogen and oxygen atoms in total. The summed E-state index contributed by atoms with van der Waals surface area (Å²) in [5, 5.41) is 12.4. The fourth-order valence-electron chi connectivity index (χ4n) is 2.41. The van der Waals surface area contributed by atoms with Crippen LogP contribution in [-0.2, 0) is 0 Å². The second-order valence-corrected chi connectivity index (χ2v) is 5.04. The van der Waals surface area contributed by atoms with E-state index in [-0.39, 0.29) is 12.4 Å². The molecule has 1 saturated heterocycles. The molecule has 0 saturated carbocycles. The molecule has 0 radical (unpaired) electrons. The van der Waals surface area contributed by atoms with Crippen molar-refractivity contribution in [2.45, 2.75) is 12.0 Å². The number of benzene rings is 1. The van der Waals surface area contributed by atoms with E-state index in [9.17, 15) is 8.78 Å². The summed E-state index contributed by atoms with van der Waals surface area (Å²) in [5.74, 6) is -3.22. The van der Waals surface area contributed by atoms with Gasteiger partial charge in [-0.05, 0) is 11.6 Å². The lowest BCUT2D eigenvalue weighted by atomic mass is 9.98. The first-order chi connectivity index (χ1) is 9.06. The van der Waals surface area contributed by atoms with E-state index >= 15 is 0 Å². The molecule has 7 heteroatoms. The first-order valence-corrected chi connectivity index (χ1v) is 6.62. The molecular formula is C13H18Cl2F2N2O. The van der Waals surface area contributed by atoms with Crippen LogP contribution in [-0.4, -0.2) is 48.7 Å². The van der Waals surface area contributed by atoms with Gasteiger partial charge in [0.2, 0.25) is 0 Å². The summed E-state index contributed by atoms with van der Waals surface area (Å²) >= 11 is 6.04. The lowest BCUT2D eigenvalue weighted by molar-refractivity contribution is -0.118. The SMILES string of the molecule is Cl.OCC(F)(F)[C@H](c1ccccc1Cl)N1CCNCC1. The molecular weight excluding hydrogens is 309 g/mol. The van der Waals surface area contributed by atoms with Gasteiger partial charge in [-0.2, -0.15) is 0 Å². The number of halogens is 4. The molecule has 0 aromatic heterocycles. The van der Waals surface area contributed by atoms with Gasteiger partial charge in [0.1, 0.15) is 12.6 Å². The van der Waals surface area contributed by atoms with Gasteiger partial charge in [-0.1, -0.05) is 29.8 Å².